The second kappa shape index (κ2) is 4.47. The van der Waals surface area contributed by atoms with E-state index in [0.29, 0.717) is 5.92 Å². The molecule has 0 saturated heterocycles. The lowest BCUT2D eigenvalue weighted by Crippen LogP contribution is -2.10. The van der Waals surface area contributed by atoms with E-state index >= 15 is 0 Å². The molecule has 1 aromatic rings. The maximum Gasteiger partial charge on any atom is 0.0604 e. The zero-order valence-electron chi connectivity index (χ0n) is 9.11. The Balaban J connectivity index is 2.05. The van der Waals surface area contributed by atoms with Crippen molar-refractivity contribution in [3.05, 3.63) is 35.4 Å². The van der Waals surface area contributed by atoms with Crippen molar-refractivity contribution in [2.75, 3.05) is 0 Å². The minimum absolute atomic E-state index is 0.456. The zero-order chi connectivity index (χ0) is 10.7. The maximum absolute atomic E-state index is 8.85. The van der Waals surface area contributed by atoms with Crippen molar-refractivity contribution in [2.45, 2.75) is 32.6 Å². The van der Waals surface area contributed by atoms with E-state index in [1.807, 2.05) is 0 Å². The number of oxime groups is 1. The van der Waals surface area contributed by atoms with Gasteiger partial charge in [0.1, 0.15) is 0 Å². The number of nitrogens with zero attached hydrogens (tertiary/aromatic N) is 1. The Kier molecular flexibility index (Phi) is 3.05. The molecular formula is C13H17NO. The lowest BCUT2D eigenvalue weighted by molar-refractivity contribution is 0.315. The van der Waals surface area contributed by atoms with Gasteiger partial charge < -0.3 is 5.21 Å². The van der Waals surface area contributed by atoms with Gasteiger partial charge in [-0.1, -0.05) is 35.0 Å². The van der Waals surface area contributed by atoms with Gasteiger partial charge in [0.15, 0.2) is 0 Å². The van der Waals surface area contributed by atoms with Crippen molar-refractivity contribution < 1.29 is 5.21 Å². The predicted octanol–water partition coefficient (Wildman–Crippen LogP) is 3.17. The van der Waals surface area contributed by atoms with Crippen LogP contribution in [0.4, 0.5) is 0 Å². The van der Waals surface area contributed by atoms with Gasteiger partial charge in [-0.15, -0.1) is 0 Å². The molecule has 2 heteroatoms. The largest absolute Gasteiger partial charge is 0.411 e. The van der Waals surface area contributed by atoms with Gasteiger partial charge in [0.25, 0.3) is 0 Å². The molecule has 0 aliphatic heterocycles. The Morgan fingerprint density at radius 3 is 2.73 bits per heavy atom. The molecule has 1 aromatic carbocycles. The fourth-order valence-corrected chi connectivity index (χ4v) is 2.26. The molecular weight excluding hydrogens is 186 g/mol. The van der Waals surface area contributed by atoms with Crippen molar-refractivity contribution in [2.24, 2.45) is 11.1 Å². The molecule has 1 aliphatic carbocycles. The molecule has 1 unspecified atom stereocenters. The second-order valence-electron chi connectivity index (χ2n) is 4.37. The van der Waals surface area contributed by atoms with Gasteiger partial charge in [-0.3, -0.25) is 0 Å². The summed E-state index contributed by atoms with van der Waals surface area (Å²) in [5.41, 5.74) is 3.62. The van der Waals surface area contributed by atoms with Crippen LogP contribution in [0.5, 0.6) is 0 Å². The fourth-order valence-electron chi connectivity index (χ4n) is 2.26. The predicted molar refractivity (Wildman–Crippen MR) is 61.4 cm³/mol. The molecule has 1 saturated carbocycles. The van der Waals surface area contributed by atoms with Gasteiger partial charge in [-0.25, -0.2) is 0 Å². The first kappa shape index (κ1) is 10.2. The van der Waals surface area contributed by atoms with Crippen LogP contribution in [0.2, 0.25) is 0 Å². The third-order valence-electron chi connectivity index (χ3n) is 3.19. The average molecular weight is 203 g/mol. The van der Waals surface area contributed by atoms with E-state index in [1.165, 1.54) is 11.1 Å². The molecule has 0 spiro atoms. The number of benzene rings is 1. The molecule has 1 N–H and O–H groups in total. The van der Waals surface area contributed by atoms with Crippen LogP contribution in [0.1, 0.15) is 30.4 Å². The van der Waals surface area contributed by atoms with E-state index in [4.69, 9.17) is 5.21 Å². The van der Waals surface area contributed by atoms with Gasteiger partial charge in [0.05, 0.1) is 5.71 Å². The van der Waals surface area contributed by atoms with Crippen LogP contribution >= 0.6 is 0 Å². The summed E-state index contributed by atoms with van der Waals surface area (Å²) in [4.78, 5) is 0. The molecule has 0 radical (unpaired) electrons. The minimum atomic E-state index is 0.456. The molecule has 15 heavy (non-hydrogen) atoms. The first-order valence-electron chi connectivity index (χ1n) is 5.56. The third kappa shape index (κ3) is 2.38. The fraction of sp³-hybridized carbons (Fsp3) is 0.462. The Morgan fingerprint density at radius 2 is 2.07 bits per heavy atom. The molecule has 1 atom stereocenters. The molecule has 2 rings (SSSR count). The molecule has 0 aromatic heterocycles. The van der Waals surface area contributed by atoms with Crippen molar-refractivity contribution in [3.8, 4) is 0 Å². The van der Waals surface area contributed by atoms with Crippen molar-refractivity contribution in [1.29, 1.82) is 0 Å². The van der Waals surface area contributed by atoms with E-state index in [9.17, 15) is 0 Å². The van der Waals surface area contributed by atoms with E-state index in [1.54, 1.807) is 0 Å². The maximum atomic E-state index is 8.85. The van der Waals surface area contributed by atoms with Crippen LogP contribution in [0.15, 0.2) is 29.4 Å². The highest BCUT2D eigenvalue weighted by Crippen LogP contribution is 2.26. The van der Waals surface area contributed by atoms with Crippen molar-refractivity contribution in [3.63, 3.8) is 0 Å². The van der Waals surface area contributed by atoms with Crippen molar-refractivity contribution in [1.82, 2.24) is 0 Å². The van der Waals surface area contributed by atoms with Crippen molar-refractivity contribution >= 4 is 5.71 Å². The highest BCUT2D eigenvalue weighted by molar-refractivity contribution is 5.88. The zero-order valence-corrected chi connectivity index (χ0v) is 9.11. The summed E-state index contributed by atoms with van der Waals surface area (Å²) in [5.74, 6) is 0.456. The molecule has 0 amide bonds. The first-order chi connectivity index (χ1) is 7.29. The number of hydrogen-bond donors (Lipinski definition) is 1. The molecule has 0 heterocycles. The minimum Gasteiger partial charge on any atom is -0.411 e. The normalized spacial score (nSPS) is 23.5. The number of rotatable bonds is 2. The molecule has 0 bridgehead atoms. The summed E-state index contributed by atoms with van der Waals surface area (Å²) >= 11 is 0. The molecule has 1 aliphatic rings. The van der Waals surface area contributed by atoms with Crippen LogP contribution in [0.3, 0.4) is 0 Å². The van der Waals surface area contributed by atoms with Crippen LogP contribution < -0.4 is 0 Å². The molecule has 2 nitrogen and oxygen atoms in total. The Bertz CT molecular complexity index is 353. The Hall–Kier alpha value is -1.31. The summed E-state index contributed by atoms with van der Waals surface area (Å²) in [6.45, 7) is 2.10. The third-order valence-corrected chi connectivity index (χ3v) is 3.19. The summed E-state index contributed by atoms with van der Waals surface area (Å²) in [6, 6.07) is 8.62. The van der Waals surface area contributed by atoms with E-state index in [2.05, 4.69) is 36.3 Å². The summed E-state index contributed by atoms with van der Waals surface area (Å²) in [6.07, 6.45) is 4.30. The Labute approximate surface area is 90.6 Å². The average Bonchev–Trinajstić information content (AvgIpc) is 2.69. The monoisotopic (exact) mass is 203 g/mol. The first-order valence-corrected chi connectivity index (χ1v) is 5.56. The SMILES string of the molecule is Cc1ccc(CC2CCC/C2=N\O)cc1. The number of hydrogen-bond acceptors (Lipinski definition) is 2. The quantitative estimate of drug-likeness (QED) is 0.581. The second-order valence-corrected chi connectivity index (χ2v) is 4.37. The highest BCUT2D eigenvalue weighted by atomic mass is 16.4. The summed E-state index contributed by atoms with van der Waals surface area (Å²) in [5, 5.41) is 12.2. The van der Waals surface area contributed by atoms with Crippen LogP contribution in [-0.2, 0) is 6.42 Å². The standard InChI is InChI=1S/C13H17NO/c1-10-5-7-11(8-6-10)9-12-3-2-4-13(12)14-15/h5-8,12,15H,2-4,9H2,1H3/b14-13+. The van der Waals surface area contributed by atoms with Crippen LogP contribution in [0, 0.1) is 12.8 Å². The van der Waals surface area contributed by atoms with Crippen LogP contribution in [-0.4, -0.2) is 10.9 Å². The van der Waals surface area contributed by atoms with E-state index < -0.39 is 0 Å². The van der Waals surface area contributed by atoms with E-state index in [0.717, 1.165) is 31.4 Å². The summed E-state index contributed by atoms with van der Waals surface area (Å²) < 4.78 is 0. The van der Waals surface area contributed by atoms with E-state index in [-0.39, 0.29) is 0 Å². The highest BCUT2D eigenvalue weighted by Gasteiger charge is 2.23. The lowest BCUT2D eigenvalue weighted by atomic mass is 9.96. The van der Waals surface area contributed by atoms with Gasteiger partial charge in [-0.2, -0.15) is 0 Å². The van der Waals surface area contributed by atoms with Gasteiger partial charge >= 0.3 is 0 Å². The smallest absolute Gasteiger partial charge is 0.0604 e. The van der Waals surface area contributed by atoms with Gasteiger partial charge in [0.2, 0.25) is 0 Å². The summed E-state index contributed by atoms with van der Waals surface area (Å²) in [7, 11) is 0. The Morgan fingerprint density at radius 1 is 1.33 bits per heavy atom. The van der Waals surface area contributed by atoms with Gasteiger partial charge in [0, 0.05) is 5.92 Å². The van der Waals surface area contributed by atoms with Gasteiger partial charge in [-0.05, 0) is 38.2 Å². The van der Waals surface area contributed by atoms with Crippen LogP contribution in [0.25, 0.3) is 0 Å². The molecule has 1 fully saturated rings. The lowest BCUT2D eigenvalue weighted by Gasteiger charge is -2.09. The topological polar surface area (TPSA) is 32.6 Å². The number of aryl methyl sites for hydroxylation is 1. The molecule has 80 valence electrons.